The molecule has 0 rings (SSSR count). The third-order valence-electron chi connectivity index (χ3n) is 0.102. The maximum Gasteiger partial charge on any atom is 0.0616 e. The minimum absolute atomic E-state index is 0.139. The summed E-state index contributed by atoms with van der Waals surface area (Å²) in [4.78, 5) is 0. The van der Waals surface area contributed by atoms with Crippen LogP contribution in [0.2, 0.25) is 0 Å². The monoisotopic (exact) mass is 57.1 g/mol. The largest absolute Gasteiger partial charge is 0.0991 e. The Kier molecular flexibility index (Phi) is 0.442. The molecule has 0 saturated carbocycles. The molecule has 22 valence electrons. The molecule has 0 fully saturated rings. The molecule has 0 atom stereocenters. The van der Waals surface area contributed by atoms with Crippen molar-refractivity contribution in [1.29, 1.82) is 0 Å². The van der Waals surface area contributed by atoms with Crippen LogP contribution >= 0.6 is 0 Å². The van der Waals surface area contributed by atoms with Crippen LogP contribution in [0.1, 0.15) is 4.11 Å². The van der Waals surface area contributed by atoms with E-state index >= 15 is 0 Å². The van der Waals surface area contributed by atoms with Crippen molar-refractivity contribution in [2.24, 2.45) is 0 Å². The van der Waals surface area contributed by atoms with E-state index in [9.17, 15) is 0 Å². The van der Waals surface area contributed by atoms with Gasteiger partial charge in [-0.2, -0.15) is 0 Å². The van der Waals surface area contributed by atoms with Gasteiger partial charge in [-0.1, -0.05) is 25.2 Å². The zero-order valence-corrected chi connectivity index (χ0v) is 2.28. The quantitative estimate of drug-likeness (QED) is 0.398. The van der Waals surface area contributed by atoms with Gasteiger partial charge in [0.2, 0.25) is 0 Å². The van der Waals surface area contributed by atoms with Gasteiger partial charge in [0.05, 0.1) is 4.11 Å². The molecule has 0 aliphatic heterocycles. The minimum atomic E-state index is -0.491. The van der Waals surface area contributed by atoms with Crippen LogP contribution in [0.4, 0.5) is 0 Å². The van der Waals surface area contributed by atoms with Crippen LogP contribution in [-0.2, 0) is 0 Å². The van der Waals surface area contributed by atoms with Crippen molar-refractivity contribution in [2.45, 2.75) is 0 Å². The molecule has 0 aromatic rings. The molecule has 0 heterocycles. The summed E-state index contributed by atoms with van der Waals surface area (Å²) in [7, 11) is 0. The fourth-order valence-electron chi connectivity index (χ4n) is 0. The van der Waals surface area contributed by atoms with E-state index in [2.05, 4.69) is 6.58 Å². The summed E-state index contributed by atoms with van der Waals surface area (Å²) < 4.78 is 19.6. The van der Waals surface area contributed by atoms with Gasteiger partial charge in [-0.25, -0.2) is 0 Å². The first kappa shape index (κ1) is 0.713. The topological polar surface area (TPSA) is 0 Å². The first-order valence-corrected chi connectivity index (χ1v) is 0.947. The van der Waals surface area contributed by atoms with Gasteiger partial charge < -0.3 is 0 Å². The summed E-state index contributed by atoms with van der Waals surface area (Å²) in [5, 5.41) is 0. The van der Waals surface area contributed by atoms with Gasteiger partial charge >= 0.3 is 0 Å². The van der Waals surface area contributed by atoms with Crippen LogP contribution in [0.3, 0.4) is 0 Å². The molecule has 0 radical (unpaired) electrons. The van der Waals surface area contributed by atoms with Crippen molar-refractivity contribution in [1.82, 2.24) is 0 Å². The summed E-state index contributed by atoms with van der Waals surface area (Å²) in [5.41, 5.74) is 0. The van der Waals surface area contributed by atoms with E-state index in [0.717, 1.165) is 6.08 Å². The summed E-state index contributed by atoms with van der Waals surface area (Å²) in [5.74, 6) is 0. The van der Waals surface area contributed by atoms with Crippen molar-refractivity contribution >= 4 is 0 Å². The van der Waals surface area contributed by atoms with Gasteiger partial charge in [-0.3, -0.25) is 0 Å². The minimum Gasteiger partial charge on any atom is -0.0991 e. The Hall–Kier alpha value is -0.520. The molecule has 0 saturated heterocycles. The highest BCUT2D eigenvalue weighted by atomic mass is 13.4. The Morgan fingerprint density at radius 2 is 3.00 bits per heavy atom. The maximum atomic E-state index is 6.66. The highest BCUT2D eigenvalue weighted by Gasteiger charge is 1.29. The van der Waals surface area contributed by atoms with Gasteiger partial charge in [0.15, 0.2) is 0 Å². The van der Waals surface area contributed by atoms with E-state index in [1.807, 2.05) is 0 Å². The summed E-state index contributed by atoms with van der Waals surface area (Å²) >= 11 is 0. The Morgan fingerprint density at radius 1 is 2.25 bits per heavy atom. The lowest BCUT2D eigenvalue weighted by atomic mass is 10.6. The predicted octanol–water partition coefficient (Wildman–Crippen LogP) is 1.36. The Morgan fingerprint density at radius 3 is 3.00 bits per heavy atom. The zero-order chi connectivity index (χ0) is 5.86. The summed E-state index contributed by atoms with van der Waals surface area (Å²) in [6, 6.07) is -0.139. The first-order chi connectivity index (χ1) is 3.18. The van der Waals surface area contributed by atoms with Crippen molar-refractivity contribution in [3.8, 4) is 0 Å². The fourth-order valence-corrected chi connectivity index (χ4v) is 0. The SMILES string of the molecule is [2H]C([2H])=C([2H])C=C. The van der Waals surface area contributed by atoms with E-state index in [4.69, 9.17) is 4.11 Å². The second-order valence-electron chi connectivity index (χ2n) is 0.348. The molecular formula is C4H6. The third kappa shape index (κ3) is 1.48. The second kappa shape index (κ2) is 2.48. The molecule has 0 bridgehead atoms. The average molecular weight is 57.1 g/mol. The van der Waals surface area contributed by atoms with Gasteiger partial charge in [0.25, 0.3) is 0 Å². The molecule has 0 aliphatic rings. The Labute approximate surface area is 30.7 Å². The Bertz CT molecular complexity index is 99.5. The van der Waals surface area contributed by atoms with Crippen LogP contribution in [0.25, 0.3) is 0 Å². The van der Waals surface area contributed by atoms with E-state index in [1.54, 1.807) is 0 Å². The molecule has 0 aliphatic carbocycles. The van der Waals surface area contributed by atoms with Crippen LogP contribution in [0.5, 0.6) is 0 Å². The maximum absolute atomic E-state index is 6.66. The molecule has 0 aromatic carbocycles. The molecule has 0 nitrogen and oxygen atoms in total. The van der Waals surface area contributed by atoms with Gasteiger partial charge in [0.1, 0.15) is 0 Å². The number of rotatable bonds is 1. The molecule has 0 N–H and O–H groups in total. The molecular weight excluding hydrogens is 48.0 g/mol. The van der Waals surface area contributed by atoms with E-state index < -0.39 is 6.53 Å². The number of allylic oxidation sites excluding steroid dienone is 2. The van der Waals surface area contributed by atoms with Crippen molar-refractivity contribution in [3.63, 3.8) is 0 Å². The molecule has 0 heteroatoms. The molecule has 0 aromatic heterocycles. The average Bonchev–Trinajstić information content (AvgIpc) is 1.65. The van der Waals surface area contributed by atoms with E-state index in [-0.39, 0.29) is 6.05 Å². The van der Waals surface area contributed by atoms with Gasteiger partial charge in [-0.05, 0) is 0 Å². The third-order valence-corrected chi connectivity index (χ3v) is 0.102. The first-order valence-electron chi connectivity index (χ1n) is 2.45. The van der Waals surface area contributed by atoms with Crippen molar-refractivity contribution in [2.75, 3.05) is 0 Å². The fraction of sp³-hybridized carbons (Fsp3) is 0. The summed E-state index contributed by atoms with van der Waals surface area (Å²) in [6.07, 6.45) is 1.16. The second-order valence-corrected chi connectivity index (χ2v) is 0.348. The van der Waals surface area contributed by atoms with Crippen LogP contribution in [0, 0.1) is 0 Å². The standard InChI is InChI=1S/C4H6/c1-3-4-2/h3-4H,1-2H2/i1D2,3D. The predicted molar refractivity (Wildman–Crippen MR) is 20.4 cm³/mol. The lowest BCUT2D eigenvalue weighted by molar-refractivity contribution is 2.15. The molecule has 0 unspecified atom stereocenters. The highest BCUT2D eigenvalue weighted by molar-refractivity contribution is 4.88. The van der Waals surface area contributed by atoms with Gasteiger partial charge in [0, 0.05) is 0 Å². The lowest BCUT2D eigenvalue weighted by Gasteiger charge is -1.44. The number of hydrogen-bond donors (Lipinski definition) is 0. The van der Waals surface area contributed by atoms with Gasteiger partial charge in [-0.15, -0.1) is 0 Å². The molecule has 0 amide bonds. The Balaban J connectivity index is 3.98. The van der Waals surface area contributed by atoms with Crippen molar-refractivity contribution < 1.29 is 4.11 Å². The highest BCUT2D eigenvalue weighted by Crippen LogP contribution is 1.52. The summed E-state index contributed by atoms with van der Waals surface area (Å²) in [6.45, 7) is 2.71. The van der Waals surface area contributed by atoms with E-state index in [1.165, 1.54) is 0 Å². The smallest absolute Gasteiger partial charge is 0.0616 e. The lowest BCUT2D eigenvalue weighted by Crippen LogP contribution is -1.21. The number of hydrogen-bond acceptors (Lipinski definition) is 0. The van der Waals surface area contributed by atoms with Crippen LogP contribution < -0.4 is 0 Å². The zero-order valence-electron chi connectivity index (χ0n) is 5.28. The molecule has 0 spiro atoms. The normalized spacial score (nSPS) is 14.5. The van der Waals surface area contributed by atoms with E-state index in [0.29, 0.717) is 0 Å². The molecule has 4 heavy (non-hydrogen) atoms. The van der Waals surface area contributed by atoms with Crippen LogP contribution in [0.15, 0.2) is 25.2 Å². The van der Waals surface area contributed by atoms with Crippen molar-refractivity contribution in [3.05, 3.63) is 25.2 Å². The van der Waals surface area contributed by atoms with Crippen LogP contribution in [-0.4, -0.2) is 0 Å².